The molecule has 0 bridgehead atoms. The number of fused-ring (bicyclic) bond motifs is 1. The van der Waals surface area contributed by atoms with Crippen LogP contribution in [0.3, 0.4) is 0 Å². The van der Waals surface area contributed by atoms with E-state index in [1.807, 2.05) is 0 Å². The summed E-state index contributed by atoms with van der Waals surface area (Å²) in [6.45, 7) is 0. The summed E-state index contributed by atoms with van der Waals surface area (Å²) in [5.41, 5.74) is -0.186. The molecule has 0 saturated carbocycles. The molecule has 1 N–H and O–H groups in total. The number of carboxylic acids is 1. The van der Waals surface area contributed by atoms with Crippen molar-refractivity contribution in [1.29, 1.82) is 0 Å². The van der Waals surface area contributed by atoms with Crippen molar-refractivity contribution in [2.45, 2.75) is 0 Å². The van der Waals surface area contributed by atoms with Crippen molar-refractivity contribution in [1.82, 2.24) is 3.97 Å². The maximum Gasteiger partial charge on any atom is 0.339 e. The maximum absolute atomic E-state index is 12.4. The Hall–Kier alpha value is -3.00. The van der Waals surface area contributed by atoms with Gasteiger partial charge < -0.3 is 5.11 Å². The summed E-state index contributed by atoms with van der Waals surface area (Å²) in [7, 11) is -3.81. The minimum atomic E-state index is -3.81. The summed E-state index contributed by atoms with van der Waals surface area (Å²) < 4.78 is 24.8. The van der Waals surface area contributed by atoms with Gasteiger partial charge >= 0.3 is 5.97 Å². The quantitative estimate of drug-likeness (QED) is 0.661. The van der Waals surface area contributed by atoms with Gasteiger partial charge in [0, 0.05) is 11.8 Å². The predicted octanol–water partition coefficient (Wildman–Crippen LogP) is 1.20. The number of rotatable bonds is 3. The van der Waals surface area contributed by atoms with Gasteiger partial charge in [0.05, 0.1) is 17.5 Å². The molecule has 3 rings (SSSR count). The highest BCUT2D eigenvalue weighted by Crippen LogP contribution is 2.34. The molecule has 0 saturated heterocycles. The van der Waals surface area contributed by atoms with E-state index in [0.717, 1.165) is 16.3 Å². The fourth-order valence-electron chi connectivity index (χ4n) is 2.58. The lowest BCUT2D eigenvalue weighted by Crippen LogP contribution is -2.27. The number of carbonyl (C=O) groups excluding carboxylic acids is 2. The zero-order valence-corrected chi connectivity index (χ0v) is 13.2. The van der Waals surface area contributed by atoms with E-state index in [1.165, 1.54) is 6.20 Å². The van der Waals surface area contributed by atoms with E-state index < -0.39 is 33.1 Å². The molecule has 0 unspecified atom stereocenters. The maximum atomic E-state index is 12.4. The number of benzene rings is 1. The molecule has 1 aromatic heterocycles. The summed E-state index contributed by atoms with van der Waals surface area (Å²) in [5, 5.41) is 9.07. The van der Waals surface area contributed by atoms with Gasteiger partial charge in [-0.05, 0) is 11.6 Å². The second-order valence-corrected chi connectivity index (χ2v) is 7.11. The number of carboxylic acid groups (broad SMARTS) is 1. The molecular formula is C16H11NO6S. The third kappa shape index (κ3) is 2.37. The van der Waals surface area contributed by atoms with Crippen LogP contribution in [-0.4, -0.2) is 41.3 Å². The van der Waals surface area contributed by atoms with Crippen LogP contribution in [0.25, 0.3) is 17.2 Å². The van der Waals surface area contributed by atoms with Crippen molar-refractivity contribution in [2.75, 3.05) is 6.26 Å². The normalized spacial score (nSPS) is 14.3. The van der Waals surface area contributed by atoms with Crippen molar-refractivity contribution in [3.8, 4) is 11.1 Å². The zero-order chi connectivity index (χ0) is 17.6. The van der Waals surface area contributed by atoms with Crippen LogP contribution in [-0.2, 0) is 19.6 Å². The molecule has 1 aliphatic rings. The Morgan fingerprint density at radius 3 is 2.25 bits per heavy atom. The second-order valence-electron chi connectivity index (χ2n) is 5.25. The first-order valence-electron chi connectivity index (χ1n) is 6.77. The number of hydrogen-bond acceptors (Lipinski definition) is 5. The highest BCUT2D eigenvalue weighted by Gasteiger charge is 2.37. The number of aliphatic carboxylic acids is 1. The fourth-order valence-corrected chi connectivity index (χ4v) is 3.38. The number of nitrogens with zero attached hydrogens (tertiary/aromatic N) is 1. The van der Waals surface area contributed by atoms with E-state index >= 15 is 0 Å². The smallest absolute Gasteiger partial charge is 0.339 e. The molecule has 0 radical (unpaired) electrons. The summed E-state index contributed by atoms with van der Waals surface area (Å²) in [6.07, 6.45) is 3.08. The molecule has 24 heavy (non-hydrogen) atoms. The lowest BCUT2D eigenvalue weighted by atomic mass is 9.90. The van der Waals surface area contributed by atoms with Gasteiger partial charge in [-0.2, -0.15) is 0 Å². The summed E-state index contributed by atoms with van der Waals surface area (Å²) in [6, 6.07) is 8.48. The Morgan fingerprint density at radius 2 is 1.71 bits per heavy atom. The first-order chi connectivity index (χ1) is 11.2. The van der Waals surface area contributed by atoms with Crippen molar-refractivity contribution in [3.63, 3.8) is 0 Å². The monoisotopic (exact) mass is 345 g/mol. The van der Waals surface area contributed by atoms with Crippen molar-refractivity contribution < 1.29 is 27.9 Å². The van der Waals surface area contributed by atoms with E-state index in [0.29, 0.717) is 5.56 Å². The Labute approximate surface area is 136 Å². The Morgan fingerprint density at radius 1 is 1.08 bits per heavy atom. The minimum Gasteiger partial charge on any atom is -0.478 e. The van der Waals surface area contributed by atoms with Gasteiger partial charge in [-0.15, -0.1) is 0 Å². The van der Waals surface area contributed by atoms with Gasteiger partial charge in [0.1, 0.15) is 5.57 Å². The van der Waals surface area contributed by atoms with Crippen LogP contribution in [0.4, 0.5) is 0 Å². The van der Waals surface area contributed by atoms with Crippen LogP contribution in [0.1, 0.15) is 16.1 Å². The van der Waals surface area contributed by atoms with E-state index in [-0.39, 0.29) is 16.8 Å². The summed E-state index contributed by atoms with van der Waals surface area (Å²) >= 11 is 0. The van der Waals surface area contributed by atoms with Crippen LogP contribution in [0.5, 0.6) is 0 Å². The van der Waals surface area contributed by atoms with E-state index in [1.54, 1.807) is 30.3 Å². The van der Waals surface area contributed by atoms with Crippen molar-refractivity contribution in [2.24, 2.45) is 0 Å². The van der Waals surface area contributed by atoms with Crippen molar-refractivity contribution in [3.05, 3.63) is 53.4 Å². The second kappa shape index (κ2) is 5.27. The minimum absolute atomic E-state index is 0.110. The van der Waals surface area contributed by atoms with Gasteiger partial charge in [-0.1, -0.05) is 30.3 Å². The van der Waals surface area contributed by atoms with Crippen LogP contribution in [0.2, 0.25) is 0 Å². The lowest BCUT2D eigenvalue weighted by molar-refractivity contribution is -0.134. The van der Waals surface area contributed by atoms with Gasteiger partial charge in [-0.25, -0.2) is 17.2 Å². The third-order valence-electron chi connectivity index (χ3n) is 3.64. The highest BCUT2D eigenvalue weighted by atomic mass is 32.2. The fraction of sp³-hybridized carbons (Fsp3) is 0.0625. The van der Waals surface area contributed by atoms with E-state index in [2.05, 4.69) is 0 Å². The summed E-state index contributed by atoms with van der Waals surface area (Å²) in [5.74, 6) is -3.79. The zero-order valence-electron chi connectivity index (χ0n) is 12.4. The molecule has 2 aromatic rings. The van der Waals surface area contributed by atoms with Crippen molar-refractivity contribution >= 4 is 33.6 Å². The highest BCUT2D eigenvalue weighted by molar-refractivity contribution is 7.89. The first-order valence-corrected chi connectivity index (χ1v) is 8.62. The van der Waals surface area contributed by atoms with Crippen LogP contribution >= 0.6 is 0 Å². The molecule has 0 aliphatic heterocycles. The molecule has 7 nitrogen and oxygen atoms in total. The third-order valence-corrected chi connectivity index (χ3v) is 4.66. The summed E-state index contributed by atoms with van der Waals surface area (Å²) in [4.78, 5) is 35.6. The SMILES string of the molecule is CS(=O)(=O)n1cc(-c2ccccc2)c2c1C=C(C(=O)O)C(=O)C2=O. The molecule has 122 valence electrons. The number of hydrogen-bond donors (Lipinski definition) is 1. The molecular weight excluding hydrogens is 334 g/mol. The largest absolute Gasteiger partial charge is 0.478 e. The average molecular weight is 345 g/mol. The Bertz CT molecular complexity index is 1030. The van der Waals surface area contributed by atoms with Gasteiger partial charge in [0.2, 0.25) is 21.6 Å². The van der Waals surface area contributed by atoms with Gasteiger partial charge in [0.15, 0.2) is 0 Å². The number of carbonyl (C=O) groups is 3. The molecule has 1 aliphatic carbocycles. The number of ketones is 2. The lowest BCUT2D eigenvalue weighted by Gasteiger charge is -2.12. The predicted molar refractivity (Wildman–Crippen MR) is 85.1 cm³/mol. The molecule has 1 aromatic carbocycles. The van der Waals surface area contributed by atoms with E-state index in [4.69, 9.17) is 5.11 Å². The van der Waals surface area contributed by atoms with Gasteiger partial charge in [0.25, 0.3) is 0 Å². The standard InChI is InChI=1S/C16H11NO6S/c1-24(22,23)17-8-11(9-5-3-2-4-6-9)13-12(17)7-10(16(20)21)14(18)15(13)19/h2-8H,1H3,(H,20,21). The Kier molecular flexibility index (Phi) is 3.49. The molecule has 1 heterocycles. The number of Topliss-reactive ketones (excluding diaryl/α,β-unsaturated/α-hetero) is 2. The van der Waals surface area contributed by atoms with Crippen LogP contribution < -0.4 is 0 Å². The molecule has 0 amide bonds. The molecule has 8 heteroatoms. The molecule has 0 fully saturated rings. The first kappa shape index (κ1) is 15.9. The van der Waals surface area contributed by atoms with E-state index in [9.17, 15) is 22.8 Å². The van der Waals surface area contributed by atoms with Crippen LogP contribution in [0, 0.1) is 0 Å². The topological polar surface area (TPSA) is 111 Å². The average Bonchev–Trinajstić information content (AvgIpc) is 2.91. The van der Waals surface area contributed by atoms with Gasteiger partial charge in [-0.3, -0.25) is 9.59 Å². The van der Waals surface area contributed by atoms with Crippen LogP contribution in [0.15, 0.2) is 42.1 Å². The number of aromatic nitrogens is 1. The molecule has 0 spiro atoms. The Balaban J connectivity index is 2.42. The molecule has 0 atom stereocenters.